The minimum atomic E-state index is -4.39. The first-order valence-electron chi connectivity index (χ1n) is 11.6. The lowest BCUT2D eigenvalue weighted by Gasteiger charge is -2.33. The van der Waals surface area contributed by atoms with Gasteiger partial charge in [0.2, 0.25) is 5.91 Å². The molecule has 0 radical (unpaired) electrons. The Morgan fingerprint density at radius 1 is 1.08 bits per heavy atom. The van der Waals surface area contributed by atoms with E-state index in [9.17, 15) is 22.4 Å². The van der Waals surface area contributed by atoms with Crippen molar-refractivity contribution in [2.24, 2.45) is 5.92 Å². The molecule has 1 aliphatic rings. The number of benzene rings is 2. The topological polar surface area (TPSA) is 62.5 Å². The van der Waals surface area contributed by atoms with Gasteiger partial charge in [0.1, 0.15) is 11.3 Å². The molecule has 0 spiro atoms. The van der Waals surface area contributed by atoms with E-state index in [1.807, 2.05) is 6.07 Å². The van der Waals surface area contributed by atoms with Crippen LogP contribution in [0.5, 0.6) is 0 Å². The first kappa shape index (κ1) is 23.8. The number of hydrogen-bond donors (Lipinski definition) is 1. The van der Waals surface area contributed by atoms with Crippen molar-refractivity contribution in [2.45, 2.75) is 25.6 Å². The predicted molar refractivity (Wildman–Crippen MR) is 127 cm³/mol. The summed E-state index contributed by atoms with van der Waals surface area (Å²) in [6, 6.07) is 12.8. The average Bonchev–Trinajstić information content (AvgIpc) is 3.32. The van der Waals surface area contributed by atoms with Gasteiger partial charge in [-0.3, -0.25) is 4.79 Å². The second-order valence-corrected chi connectivity index (χ2v) is 8.81. The Kier molecular flexibility index (Phi) is 6.34. The van der Waals surface area contributed by atoms with Crippen LogP contribution in [0.25, 0.3) is 16.8 Å². The summed E-state index contributed by atoms with van der Waals surface area (Å²) in [6.45, 7) is 1.35. The molecule has 4 aromatic rings. The van der Waals surface area contributed by atoms with Crippen LogP contribution in [-0.2, 0) is 17.5 Å². The fourth-order valence-corrected chi connectivity index (χ4v) is 4.44. The van der Waals surface area contributed by atoms with E-state index in [-0.39, 0.29) is 24.2 Å². The Labute approximate surface area is 204 Å². The molecule has 0 unspecified atom stereocenters. The van der Waals surface area contributed by atoms with Crippen LogP contribution in [0.4, 0.5) is 23.4 Å². The molecule has 1 saturated heterocycles. The van der Waals surface area contributed by atoms with Crippen LogP contribution >= 0.6 is 0 Å². The number of carbonyl (C=O) groups is 1. The van der Waals surface area contributed by atoms with E-state index in [1.165, 1.54) is 24.3 Å². The lowest BCUT2D eigenvalue weighted by atomic mass is 9.97. The van der Waals surface area contributed by atoms with E-state index < -0.39 is 11.7 Å². The molecule has 0 saturated carbocycles. The predicted octanol–water partition coefficient (Wildman–Crippen LogP) is 5.09. The first-order valence-corrected chi connectivity index (χ1v) is 11.6. The molecular weight excluding hydrogens is 474 g/mol. The summed E-state index contributed by atoms with van der Waals surface area (Å²) < 4.78 is 53.3. The molecule has 1 amide bonds. The van der Waals surface area contributed by atoms with Gasteiger partial charge >= 0.3 is 6.18 Å². The molecule has 186 valence electrons. The Balaban J connectivity index is 1.28. The van der Waals surface area contributed by atoms with Crippen molar-refractivity contribution in [3.05, 3.63) is 83.9 Å². The lowest BCUT2D eigenvalue weighted by Crippen LogP contribution is -2.43. The number of alkyl halides is 3. The fourth-order valence-electron chi connectivity index (χ4n) is 4.44. The van der Waals surface area contributed by atoms with Gasteiger partial charge in [-0.15, -0.1) is 0 Å². The minimum absolute atomic E-state index is 0.146. The van der Waals surface area contributed by atoms with Gasteiger partial charge in [0.05, 0.1) is 17.2 Å². The minimum Gasteiger partial charge on any atom is -0.354 e. The normalized spacial score (nSPS) is 16.3. The van der Waals surface area contributed by atoms with Crippen LogP contribution in [-0.4, -0.2) is 33.6 Å². The van der Waals surface area contributed by atoms with Crippen LogP contribution in [0, 0.1) is 11.7 Å². The van der Waals surface area contributed by atoms with E-state index >= 15 is 0 Å². The molecule has 36 heavy (non-hydrogen) atoms. The summed E-state index contributed by atoms with van der Waals surface area (Å²) in [5.74, 6) is -0.0405. The molecule has 1 aliphatic heterocycles. The van der Waals surface area contributed by atoms with Crippen molar-refractivity contribution in [3.8, 4) is 11.3 Å². The van der Waals surface area contributed by atoms with Crippen molar-refractivity contribution in [1.82, 2.24) is 19.9 Å². The van der Waals surface area contributed by atoms with Crippen LogP contribution in [0.15, 0.2) is 67.0 Å². The monoisotopic (exact) mass is 497 g/mol. The number of hydrogen-bond acceptors (Lipinski definition) is 4. The standard InChI is InChI=1S/C26H23F4N5O/c27-21-9-5-18(6-10-21)22-14-23-24(31-11-13-35(23)33-22)34-12-1-2-19(16-34)25(36)32-15-17-3-7-20(8-4-17)26(28,29)30/h3-11,13-14,19H,1-2,12,15-16H2,(H,32,36)/t19-/m1/s1. The van der Waals surface area contributed by atoms with Gasteiger partial charge in [-0.05, 0) is 60.9 Å². The SMILES string of the molecule is O=C(NCc1ccc(C(F)(F)F)cc1)[C@@H]1CCCN(c2nccn3nc(-c4ccc(F)cc4)cc23)C1. The van der Waals surface area contributed by atoms with Crippen LogP contribution in [0.2, 0.25) is 0 Å². The van der Waals surface area contributed by atoms with Crippen LogP contribution in [0.3, 0.4) is 0 Å². The molecule has 1 atom stereocenters. The summed E-state index contributed by atoms with van der Waals surface area (Å²) in [5, 5.41) is 7.44. The van der Waals surface area contributed by atoms with Gasteiger partial charge in [-0.1, -0.05) is 12.1 Å². The number of nitrogens with zero attached hydrogens (tertiary/aromatic N) is 4. The van der Waals surface area contributed by atoms with Gasteiger partial charge in [-0.25, -0.2) is 13.9 Å². The first-order chi connectivity index (χ1) is 17.3. The zero-order valence-corrected chi connectivity index (χ0v) is 19.2. The molecule has 1 fully saturated rings. The van der Waals surface area contributed by atoms with Gasteiger partial charge in [0.15, 0.2) is 5.82 Å². The van der Waals surface area contributed by atoms with Gasteiger partial charge in [0.25, 0.3) is 0 Å². The van der Waals surface area contributed by atoms with E-state index in [2.05, 4.69) is 20.3 Å². The Morgan fingerprint density at radius 2 is 1.83 bits per heavy atom. The molecule has 2 aromatic heterocycles. The zero-order valence-electron chi connectivity index (χ0n) is 19.2. The number of rotatable bonds is 5. The third-order valence-corrected chi connectivity index (χ3v) is 6.35. The molecule has 5 rings (SSSR count). The maximum Gasteiger partial charge on any atom is 0.416 e. The van der Waals surface area contributed by atoms with E-state index in [0.717, 1.165) is 36.2 Å². The van der Waals surface area contributed by atoms with Gasteiger partial charge in [0, 0.05) is 37.6 Å². The highest BCUT2D eigenvalue weighted by Crippen LogP contribution is 2.30. The molecule has 0 aliphatic carbocycles. The highest BCUT2D eigenvalue weighted by Gasteiger charge is 2.30. The number of carbonyl (C=O) groups excluding carboxylic acids is 1. The number of anilines is 1. The summed E-state index contributed by atoms with van der Waals surface area (Å²) in [7, 11) is 0. The van der Waals surface area contributed by atoms with Crippen molar-refractivity contribution in [1.29, 1.82) is 0 Å². The number of halogens is 4. The van der Waals surface area contributed by atoms with Gasteiger partial charge < -0.3 is 10.2 Å². The molecule has 2 aromatic carbocycles. The number of fused-ring (bicyclic) bond motifs is 1. The van der Waals surface area contributed by atoms with Crippen LogP contribution < -0.4 is 10.2 Å². The maximum absolute atomic E-state index is 13.3. The number of nitrogens with one attached hydrogen (secondary N) is 1. The highest BCUT2D eigenvalue weighted by atomic mass is 19.4. The zero-order chi connectivity index (χ0) is 25.3. The van der Waals surface area contributed by atoms with E-state index in [0.29, 0.717) is 30.0 Å². The van der Waals surface area contributed by atoms with Crippen LogP contribution in [0.1, 0.15) is 24.0 Å². The maximum atomic E-state index is 13.3. The van der Waals surface area contributed by atoms with Crippen molar-refractivity contribution in [3.63, 3.8) is 0 Å². The lowest BCUT2D eigenvalue weighted by molar-refractivity contribution is -0.137. The number of piperidine rings is 1. The van der Waals surface area contributed by atoms with E-state index in [1.54, 1.807) is 29.0 Å². The Bertz CT molecular complexity index is 1370. The largest absolute Gasteiger partial charge is 0.416 e. The fraction of sp³-hybridized carbons (Fsp3) is 0.269. The Hall–Kier alpha value is -3.95. The molecule has 3 heterocycles. The number of aromatic nitrogens is 3. The van der Waals surface area contributed by atoms with Crippen molar-refractivity contribution in [2.75, 3.05) is 18.0 Å². The third kappa shape index (κ3) is 5.02. The summed E-state index contributed by atoms with van der Waals surface area (Å²) in [4.78, 5) is 19.5. The summed E-state index contributed by atoms with van der Waals surface area (Å²) in [5.41, 5.74) is 2.13. The smallest absolute Gasteiger partial charge is 0.354 e. The number of amides is 1. The van der Waals surface area contributed by atoms with Crippen molar-refractivity contribution < 1.29 is 22.4 Å². The molecule has 6 nitrogen and oxygen atoms in total. The summed E-state index contributed by atoms with van der Waals surface area (Å²) >= 11 is 0. The molecular formula is C26H23F4N5O. The van der Waals surface area contributed by atoms with E-state index in [4.69, 9.17) is 0 Å². The molecule has 0 bridgehead atoms. The highest BCUT2D eigenvalue weighted by molar-refractivity contribution is 5.81. The molecule has 1 N–H and O–H groups in total. The van der Waals surface area contributed by atoms with Gasteiger partial charge in [-0.2, -0.15) is 18.3 Å². The molecule has 10 heteroatoms. The second-order valence-electron chi connectivity index (χ2n) is 8.81. The third-order valence-electron chi connectivity index (χ3n) is 6.35. The second kappa shape index (κ2) is 9.60. The van der Waals surface area contributed by atoms with Crippen molar-refractivity contribution >= 4 is 17.2 Å². The average molecular weight is 497 g/mol. The summed E-state index contributed by atoms with van der Waals surface area (Å²) in [6.07, 6.45) is 0.500. The quantitative estimate of drug-likeness (QED) is 0.391. The Morgan fingerprint density at radius 3 is 2.56 bits per heavy atom.